The van der Waals surface area contributed by atoms with Gasteiger partial charge in [0.25, 0.3) is 0 Å². The van der Waals surface area contributed by atoms with E-state index in [1.54, 1.807) is 6.33 Å². The molecule has 0 bridgehead atoms. The fraction of sp³-hybridized carbons (Fsp3) is 0.750. The fourth-order valence-corrected chi connectivity index (χ4v) is 1.46. The smallest absolute Gasteiger partial charge is 0.140 e. The van der Waals surface area contributed by atoms with Crippen molar-refractivity contribution >= 4 is 22.6 Å². The lowest BCUT2D eigenvalue weighted by Gasteiger charge is -2.03. The van der Waals surface area contributed by atoms with E-state index in [2.05, 4.69) is 44.9 Å². The summed E-state index contributed by atoms with van der Waals surface area (Å²) < 4.78 is 3.11. The Morgan fingerprint density at radius 3 is 3.15 bits per heavy atom. The minimum atomic E-state index is 0.824. The second-order valence-electron chi connectivity index (χ2n) is 2.71. The van der Waals surface area contributed by atoms with Gasteiger partial charge in [-0.25, -0.2) is 9.67 Å². The molecule has 0 fully saturated rings. The molecule has 1 aromatic rings. The lowest BCUT2D eigenvalue weighted by atomic mass is 10.4. The zero-order valence-corrected chi connectivity index (χ0v) is 9.99. The van der Waals surface area contributed by atoms with Gasteiger partial charge in [0.1, 0.15) is 12.2 Å². The third kappa shape index (κ3) is 3.60. The van der Waals surface area contributed by atoms with Crippen molar-refractivity contribution in [1.29, 1.82) is 0 Å². The van der Waals surface area contributed by atoms with Crippen molar-refractivity contribution in [3.8, 4) is 0 Å². The Morgan fingerprint density at radius 1 is 1.62 bits per heavy atom. The topological polar surface area (TPSA) is 42.7 Å². The molecule has 13 heavy (non-hydrogen) atoms. The molecule has 0 spiro atoms. The predicted octanol–water partition coefficient (Wildman–Crippen LogP) is 1.21. The quantitative estimate of drug-likeness (QED) is 0.487. The van der Waals surface area contributed by atoms with Crippen LogP contribution in [0.1, 0.15) is 19.2 Å². The largest absolute Gasteiger partial charge is 0.310 e. The summed E-state index contributed by atoms with van der Waals surface area (Å²) in [7, 11) is 0. The van der Waals surface area contributed by atoms with Gasteiger partial charge in [-0.15, -0.1) is 0 Å². The van der Waals surface area contributed by atoms with Gasteiger partial charge in [-0.05, 0) is 19.9 Å². The van der Waals surface area contributed by atoms with Crippen LogP contribution in [0.5, 0.6) is 0 Å². The number of aromatic nitrogens is 3. The van der Waals surface area contributed by atoms with Gasteiger partial charge in [0.2, 0.25) is 0 Å². The monoisotopic (exact) mass is 294 g/mol. The third-order valence-corrected chi connectivity index (χ3v) is 2.53. The summed E-state index contributed by atoms with van der Waals surface area (Å²) in [6.07, 6.45) is 2.82. The normalized spacial score (nSPS) is 10.6. The Hall–Kier alpha value is -0.170. The van der Waals surface area contributed by atoms with E-state index in [-0.39, 0.29) is 0 Å². The Balaban J connectivity index is 2.27. The first kappa shape index (κ1) is 10.9. The second kappa shape index (κ2) is 6.31. The maximum Gasteiger partial charge on any atom is 0.140 e. The lowest BCUT2D eigenvalue weighted by Crippen LogP contribution is -2.18. The molecule has 1 rings (SSSR count). The molecule has 1 N–H and O–H groups in total. The molecule has 0 atom stereocenters. The zero-order chi connectivity index (χ0) is 9.52. The molecule has 0 saturated carbocycles. The van der Waals surface area contributed by atoms with Crippen molar-refractivity contribution in [2.45, 2.75) is 26.4 Å². The zero-order valence-electron chi connectivity index (χ0n) is 7.83. The Labute approximate surface area is 92.3 Å². The van der Waals surface area contributed by atoms with Gasteiger partial charge in [-0.1, -0.05) is 22.6 Å². The Kier molecular flexibility index (Phi) is 5.29. The molecule has 0 aliphatic carbocycles. The van der Waals surface area contributed by atoms with Crippen LogP contribution >= 0.6 is 22.6 Å². The second-order valence-corrected chi connectivity index (χ2v) is 3.79. The molecule has 0 aromatic carbocycles. The molecule has 0 aliphatic rings. The number of halogens is 1. The summed E-state index contributed by atoms with van der Waals surface area (Å²) in [5.74, 6) is 1.02. The van der Waals surface area contributed by atoms with Crippen LogP contribution in [0.3, 0.4) is 0 Å². The highest BCUT2D eigenvalue weighted by Crippen LogP contribution is 1.93. The first-order chi connectivity index (χ1) is 6.38. The van der Waals surface area contributed by atoms with Gasteiger partial charge in [0.05, 0.1) is 6.54 Å². The summed E-state index contributed by atoms with van der Waals surface area (Å²) in [5.41, 5.74) is 0. The number of alkyl halides is 1. The van der Waals surface area contributed by atoms with Gasteiger partial charge in [-0.2, -0.15) is 5.10 Å². The molecule has 5 heteroatoms. The average molecular weight is 294 g/mol. The summed E-state index contributed by atoms with van der Waals surface area (Å²) in [6, 6.07) is 0. The van der Waals surface area contributed by atoms with Crippen molar-refractivity contribution in [3.05, 3.63) is 12.2 Å². The Morgan fingerprint density at radius 2 is 2.46 bits per heavy atom. The van der Waals surface area contributed by atoms with Crippen molar-refractivity contribution in [2.75, 3.05) is 11.0 Å². The number of hydrogen-bond donors (Lipinski definition) is 1. The van der Waals surface area contributed by atoms with Crippen molar-refractivity contribution in [3.63, 3.8) is 0 Å². The van der Waals surface area contributed by atoms with Crippen LogP contribution in [0, 0.1) is 0 Å². The molecule has 1 aromatic heterocycles. The van der Waals surface area contributed by atoms with Crippen LogP contribution in [-0.4, -0.2) is 25.7 Å². The minimum absolute atomic E-state index is 0.824. The molecular weight excluding hydrogens is 279 g/mol. The van der Waals surface area contributed by atoms with Gasteiger partial charge in [0.15, 0.2) is 0 Å². The first-order valence-corrected chi connectivity index (χ1v) is 6.04. The van der Waals surface area contributed by atoms with Crippen molar-refractivity contribution in [1.82, 2.24) is 20.1 Å². The number of rotatable bonds is 6. The molecular formula is C8H15IN4. The van der Waals surface area contributed by atoms with Crippen LogP contribution in [0.25, 0.3) is 0 Å². The lowest BCUT2D eigenvalue weighted by molar-refractivity contribution is 0.572. The molecule has 74 valence electrons. The van der Waals surface area contributed by atoms with E-state index >= 15 is 0 Å². The number of nitrogens with zero attached hydrogens (tertiary/aromatic N) is 3. The molecule has 1 heterocycles. The van der Waals surface area contributed by atoms with E-state index in [4.69, 9.17) is 0 Å². The molecule has 4 nitrogen and oxygen atoms in total. The SMILES string of the molecule is CCn1ncnc1CNCCCI. The molecule has 0 aliphatic heterocycles. The highest BCUT2D eigenvalue weighted by atomic mass is 127. The molecule has 0 amide bonds. The van der Waals surface area contributed by atoms with E-state index in [9.17, 15) is 0 Å². The van der Waals surface area contributed by atoms with Gasteiger partial charge >= 0.3 is 0 Å². The minimum Gasteiger partial charge on any atom is -0.310 e. The van der Waals surface area contributed by atoms with E-state index in [1.807, 2.05) is 4.68 Å². The summed E-state index contributed by atoms with van der Waals surface area (Å²) in [6.45, 7) is 4.84. The van der Waals surface area contributed by atoms with Crippen LogP contribution in [0.4, 0.5) is 0 Å². The highest BCUT2D eigenvalue weighted by molar-refractivity contribution is 14.1. The number of nitrogens with one attached hydrogen (secondary N) is 1. The summed E-state index contributed by atoms with van der Waals surface area (Å²) >= 11 is 2.38. The number of aryl methyl sites for hydroxylation is 1. The van der Waals surface area contributed by atoms with Gasteiger partial charge in [-0.3, -0.25) is 0 Å². The van der Waals surface area contributed by atoms with E-state index in [0.29, 0.717) is 0 Å². The van der Waals surface area contributed by atoms with Gasteiger partial charge in [0, 0.05) is 11.0 Å². The third-order valence-electron chi connectivity index (χ3n) is 1.77. The average Bonchev–Trinajstić information content (AvgIpc) is 2.60. The summed E-state index contributed by atoms with van der Waals surface area (Å²) in [5, 5.41) is 7.43. The standard InChI is InChI=1S/C8H15IN4/c1-2-13-8(11-7-12-13)6-10-5-3-4-9/h7,10H,2-6H2,1H3. The predicted molar refractivity (Wildman–Crippen MR) is 60.9 cm³/mol. The van der Waals surface area contributed by atoms with Crippen LogP contribution in [0.2, 0.25) is 0 Å². The molecule has 0 unspecified atom stereocenters. The van der Waals surface area contributed by atoms with E-state index in [0.717, 1.165) is 25.5 Å². The van der Waals surface area contributed by atoms with Crippen molar-refractivity contribution < 1.29 is 0 Å². The Bertz CT molecular complexity index is 236. The van der Waals surface area contributed by atoms with E-state index < -0.39 is 0 Å². The first-order valence-electron chi connectivity index (χ1n) is 4.51. The maximum atomic E-state index is 4.17. The van der Waals surface area contributed by atoms with Crippen molar-refractivity contribution in [2.24, 2.45) is 0 Å². The fourth-order valence-electron chi connectivity index (χ4n) is 1.08. The highest BCUT2D eigenvalue weighted by Gasteiger charge is 2.00. The van der Waals surface area contributed by atoms with E-state index in [1.165, 1.54) is 10.8 Å². The van der Waals surface area contributed by atoms with Gasteiger partial charge < -0.3 is 5.32 Å². The van der Waals surface area contributed by atoms with Crippen LogP contribution < -0.4 is 5.32 Å². The maximum absolute atomic E-state index is 4.17. The summed E-state index contributed by atoms with van der Waals surface area (Å²) in [4.78, 5) is 4.17. The van der Waals surface area contributed by atoms with Crippen LogP contribution in [0.15, 0.2) is 6.33 Å². The number of hydrogen-bond acceptors (Lipinski definition) is 3. The molecule has 0 radical (unpaired) electrons. The molecule has 0 saturated heterocycles. The van der Waals surface area contributed by atoms with Crippen LogP contribution in [-0.2, 0) is 13.1 Å².